The molecule has 0 heterocycles. The van der Waals surface area contributed by atoms with Crippen molar-refractivity contribution in [3.63, 3.8) is 0 Å². The third-order valence-corrected chi connectivity index (χ3v) is 4.11. The van der Waals surface area contributed by atoms with Crippen molar-refractivity contribution < 1.29 is 14.3 Å². The van der Waals surface area contributed by atoms with Crippen molar-refractivity contribution in [3.8, 4) is 0 Å². The number of hydrogen-bond donors (Lipinski definition) is 0. The van der Waals surface area contributed by atoms with Gasteiger partial charge in [0, 0.05) is 6.61 Å². The molecule has 0 fully saturated rings. The first-order chi connectivity index (χ1) is 7.89. The van der Waals surface area contributed by atoms with Crippen molar-refractivity contribution in [2.24, 2.45) is 11.3 Å². The van der Waals surface area contributed by atoms with E-state index in [1.165, 1.54) is 12.7 Å². The lowest BCUT2D eigenvalue weighted by Crippen LogP contribution is -2.26. The van der Waals surface area contributed by atoms with Crippen LogP contribution in [0.4, 0.5) is 0 Å². The molecule has 1 unspecified atom stereocenters. The Balaban J connectivity index is 2.32. The van der Waals surface area contributed by atoms with Crippen LogP contribution in [0.25, 0.3) is 0 Å². The van der Waals surface area contributed by atoms with Crippen molar-refractivity contribution in [1.82, 2.24) is 0 Å². The normalized spacial score (nSPS) is 24.3. The van der Waals surface area contributed by atoms with Gasteiger partial charge in [-0.3, -0.25) is 0 Å². The molecule has 0 aliphatic heterocycles. The van der Waals surface area contributed by atoms with E-state index in [0.717, 1.165) is 12.8 Å². The van der Waals surface area contributed by atoms with Crippen LogP contribution in [0.1, 0.15) is 40.5 Å². The number of carbonyl (C=O) groups is 1. The molecule has 0 N–H and O–H groups in total. The minimum atomic E-state index is -0.460. The summed E-state index contributed by atoms with van der Waals surface area (Å²) in [6.45, 7) is 9.10. The number of carbonyl (C=O) groups excluding carboxylic acids is 1. The van der Waals surface area contributed by atoms with Gasteiger partial charge in [0.1, 0.15) is 0 Å². The largest absolute Gasteiger partial charge is 0.467 e. The lowest BCUT2D eigenvalue weighted by Gasteiger charge is -2.29. The van der Waals surface area contributed by atoms with Crippen LogP contribution in [-0.2, 0) is 14.3 Å². The molecule has 1 rings (SSSR count). The highest BCUT2D eigenvalue weighted by Crippen LogP contribution is 2.44. The first-order valence-corrected chi connectivity index (χ1v) is 6.26. The second-order valence-electron chi connectivity index (χ2n) is 5.37. The van der Waals surface area contributed by atoms with E-state index in [0.29, 0.717) is 12.5 Å². The van der Waals surface area contributed by atoms with E-state index in [1.807, 2.05) is 0 Å². The number of allylic oxidation sites excluding steroid dienone is 2. The second-order valence-corrected chi connectivity index (χ2v) is 5.37. The fraction of sp³-hybridized carbons (Fsp3) is 0.786. The van der Waals surface area contributed by atoms with Gasteiger partial charge in [-0.1, -0.05) is 25.5 Å². The molecular formula is C14H24O3. The smallest absolute Gasteiger partial charge is 0.334 e. The van der Waals surface area contributed by atoms with Crippen molar-refractivity contribution in [2.45, 2.75) is 46.6 Å². The first kappa shape index (κ1) is 14.2. The number of hydrogen-bond acceptors (Lipinski definition) is 3. The molecule has 0 aromatic rings. The quantitative estimate of drug-likeness (QED) is 0.547. The average molecular weight is 240 g/mol. The molecule has 0 saturated heterocycles. The molecule has 2 atom stereocenters. The maximum absolute atomic E-state index is 11.2. The Morgan fingerprint density at radius 2 is 2.24 bits per heavy atom. The Morgan fingerprint density at radius 1 is 1.59 bits per heavy atom. The van der Waals surface area contributed by atoms with E-state index in [2.05, 4.69) is 31.6 Å². The predicted octanol–water partition coefficient (Wildman–Crippen LogP) is 2.95. The summed E-state index contributed by atoms with van der Waals surface area (Å²) in [5.41, 5.74) is 1.72. The van der Waals surface area contributed by atoms with Crippen LogP contribution >= 0.6 is 0 Å². The summed E-state index contributed by atoms with van der Waals surface area (Å²) in [7, 11) is 1.38. The maximum atomic E-state index is 11.2. The van der Waals surface area contributed by atoms with E-state index in [-0.39, 0.29) is 11.4 Å². The number of ether oxygens (including phenoxy) is 2. The number of rotatable bonds is 5. The Hall–Kier alpha value is -0.830. The first-order valence-electron chi connectivity index (χ1n) is 6.26. The summed E-state index contributed by atoms with van der Waals surface area (Å²) in [5, 5.41) is 0. The van der Waals surface area contributed by atoms with Gasteiger partial charge >= 0.3 is 5.97 Å². The predicted molar refractivity (Wildman–Crippen MR) is 67.7 cm³/mol. The van der Waals surface area contributed by atoms with Crippen LogP contribution in [0, 0.1) is 11.3 Å². The maximum Gasteiger partial charge on any atom is 0.334 e. The Bertz CT molecular complexity index is 305. The Labute approximate surface area is 104 Å². The molecule has 3 nitrogen and oxygen atoms in total. The fourth-order valence-electron chi connectivity index (χ4n) is 2.30. The van der Waals surface area contributed by atoms with Gasteiger partial charge in [-0.2, -0.15) is 0 Å². The number of esters is 1. The summed E-state index contributed by atoms with van der Waals surface area (Å²) in [6.07, 6.45) is 3.96. The zero-order valence-corrected chi connectivity index (χ0v) is 11.6. The van der Waals surface area contributed by atoms with Gasteiger partial charge in [0.15, 0.2) is 6.10 Å². The van der Waals surface area contributed by atoms with E-state index >= 15 is 0 Å². The molecular weight excluding hydrogens is 216 g/mol. The van der Waals surface area contributed by atoms with Gasteiger partial charge < -0.3 is 9.47 Å². The highest BCUT2D eigenvalue weighted by molar-refractivity contribution is 5.73. The minimum Gasteiger partial charge on any atom is -0.467 e. The Kier molecular flexibility index (Phi) is 4.75. The van der Waals surface area contributed by atoms with Crippen LogP contribution in [-0.4, -0.2) is 25.8 Å². The van der Waals surface area contributed by atoms with E-state index in [1.54, 1.807) is 6.92 Å². The third kappa shape index (κ3) is 3.32. The summed E-state index contributed by atoms with van der Waals surface area (Å²) in [5.74, 6) is 0.317. The monoisotopic (exact) mass is 240 g/mol. The number of methoxy groups -OCH3 is 1. The van der Waals surface area contributed by atoms with Gasteiger partial charge in [-0.05, 0) is 38.0 Å². The van der Waals surface area contributed by atoms with E-state index < -0.39 is 6.10 Å². The fourth-order valence-corrected chi connectivity index (χ4v) is 2.30. The van der Waals surface area contributed by atoms with Crippen LogP contribution in [0.15, 0.2) is 11.6 Å². The van der Waals surface area contributed by atoms with Gasteiger partial charge in [0.25, 0.3) is 0 Å². The summed E-state index contributed by atoms with van der Waals surface area (Å²) in [4.78, 5) is 11.2. The van der Waals surface area contributed by atoms with Crippen LogP contribution in [0.2, 0.25) is 0 Å². The van der Waals surface area contributed by atoms with Crippen LogP contribution in [0.3, 0.4) is 0 Å². The molecule has 1 aliphatic carbocycles. The van der Waals surface area contributed by atoms with Crippen LogP contribution in [0.5, 0.6) is 0 Å². The standard InChI is InChI=1S/C14H24O3/c1-10-6-7-12(14(10,3)4)8-9-17-11(2)13(15)16-5/h6,11-12H,7-9H2,1-5H3/t11?,12-/m1/s1. The van der Waals surface area contributed by atoms with E-state index in [9.17, 15) is 4.79 Å². The van der Waals surface area contributed by atoms with Crippen molar-refractivity contribution in [2.75, 3.05) is 13.7 Å². The van der Waals surface area contributed by atoms with E-state index in [4.69, 9.17) is 4.74 Å². The molecule has 0 radical (unpaired) electrons. The molecule has 17 heavy (non-hydrogen) atoms. The summed E-state index contributed by atoms with van der Waals surface area (Å²) < 4.78 is 10.1. The lowest BCUT2D eigenvalue weighted by molar-refractivity contribution is -0.153. The minimum absolute atomic E-state index is 0.262. The molecule has 3 heteroatoms. The molecule has 0 amide bonds. The second kappa shape index (κ2) is 5.67. The highest BCUT2D eigenvalue weighted by Gasteiger charge is 2.34. The Morgan fingerprint density at radius 3 is 2.71 bits per heavy atom. The summed E-state index contributed by atoms with van der Waals surface area (Å²) >= 11 is 0. The molecule has 98 valence electrons. The third-order valence-electron chi connectivity index (χ3n) is 4.11. The molecule has 0 aromatic carbocycles. The molecule has 1 aliphatic rings. The molecule has 0 bridgehead atoms. The van der Waals surface area contributed by atoms with Gasteiger partial charge in [-0.25, -0.2) is 4.79 Å². The molecule has 0 saturated carbocycles. The summed E-state index contributed by atoms with van der Waals surface area (Å²) in [6, 6.07) is 0. The molecule has 0 aromatic heterocycles. The van der Waals surface area contributed by atoms with Crippen molar-refractivity contribution >= 4 is 5.97 Å². The van der Waals surface area contributed by atoms with Crippen LogP contribution < -0.4 is 0 Å². The van der Waals surface area contributed by atoms with Crippen molar-refractivity contribution in [1.29, 1.82) is 0 Å². The van der Waals surface area contributed by atoms with Crippen molar-refractivity contribution in [3.05, 3.63) is 11.6 Å². The van der Waals surface area contributed by atoms with Gasteiger partial charge in [-0.15, -0.1) is 0 Å². The zero-order chi connectivity index (χ0) is 13.1. The topological polar surface area (TPSA) is 35.5 Å². The SMILES string of the molecule is COC(=O)C(C)OCC[C@H]1CC=C(C)C1(C)C. The molecule has 0 spiro atoms. The zero-order valence-electron chi connectivity index (χ0n) is 11.6. The van der Waals surface area contributed by atoms with Gasteiger partial charge in [0.2, 0.25) is 0 Å². The lowest BCUT2D eigenvalue weighted by atomic mass is 9.76. The average Bonchev–Trinajstić information content (AvgIpc) is 2.54. The highest BCUT2D eigenvalue weighted by atomic mass is 16.6. The van der Waals surface area contributed by atoms with Gasteiger partial charge in [0.05, 0.1) is 7.11 Å².